The highest BCUT2D eigenvalue weighted by Crippen LogP contribution is 2.20. The lowest BCUT2D eigenvalue weighted by molar-refractivity contribution is 0.0936. The first-order valence-electron chi connectivity index (χ1n) is 9.02. The summed E-state index contributed by atoms with van der Waals surface area (Å²) in [6.45, 7) is 6.99. The number of amides is 1. The second-order valence-electron chi connectivity index (χ2n) is 6.81. The summed E-state index contributed by atoms with van der Waals surface area (Å²) < 4.78 is 20.3. The number of rotatable bonds is 7. The minimum absolute atomic E-state index is 0.190. The number of carbonyl (C=O) groups excluding carboxylic acids is 1. The molecule has 0 unspecified atom stereocenters. The molecule has 0 saturated heterocycles. The Morgan fingerprint density at radius 1 is 1.30 bits per heavy atom. The quantitative estimate of drug-likeness (QED) is 0.686. The molecule has 27 heavy (non-hydrogen) atoms. The van der Waals surface area contributed by atoms with Crippen LogP contribution in [0.15, 0.2) is 40.9 Å². The molecule has 0 radical (unpaired) electrons. The molecule has 0 spiro atoms. The molecule has 7 heteroatoms. The van der Waals surface area contributed by atoms with Gasteiger partial charge in [0.25, 0.3) is 5.91 Å². The molecule has 1 amide bonds. The molecule has 2 aromatic heterocycles. The average molecular weight is 370 g/mol. The number of halogens is 1. The lowest BCUT2D eigenvalue weighted by Gasteiger charge is -2.04. The predicted molar refractivity (Wildman–Crippen MR) is 99.5 cm³/mol. The summed E-state index contributed by atoms with van der Waals surface area (Å²) in [5.41, 5.74) is 2.58. The van der Waals surface area contributed by atoms with E-state index in [1.54, 1.807) is 22.9 Å². The molecule has 1 N–H and O–H groups in total. The van der Waals surface area contributed by atoms with Gasteiger partial charge >= 0.3 is 0 Å². The fraction of sp³-hybridized carbons (Fsp3) is 0.350. The largest absolute Gasteiger partial charge is 0.359 e. The van der Waals surface area contributed by atoms with Crippen molar-refractivity contribution < 1.29 is 13.7 Å². The Kier molecular flexibility index (Phi) is 5.69. The van der Waals surface area contributed by atoms with Crippen LogP contribution in [0.25, 0.3) is 11.3 Å². The van der Waals surface area contributed by atoms with Crippen molar-refractivity contribution in [1.82, 2.24) is 20.3 Å². The number of nitrogens with one attached hydrogen (secondary N) is 1. The van der Waals surface area contributed by atoms with Crippen molar-refractivity contribution in [1.29, 1.82) is 0 Å². The molecular weight excluding hydrogens is 347 g/mol. The van der Waals surface area contributed by atoms with Gasteiger partial charge in [-0.15, -0.1) is 0 Å². The second kappa shape index (κ2) is 8.16. The molecule has 142 valence electrons. The highest BCUT2D eigenvalue weighted by atomic mass is 19.1. The van der Waals surface area contributed by atoms with Crippen molar-refractivity contribution in [3.05, 3.63) is 59.4 Å². The molecule has 0 aliphatic heterocycles. The van der Waals surface area contributed by atoms with Crippen LogP contribution < -0.4 is 5.32 Å². The maximum Gasteiger partial charge on any atom is 0.269 e. The molecule has 0 fully saturated rings. The van der Waals surface area contributed by atoms with Crippen molar-refractivity contribution in [2.45, 2.75) is 40.3 Å². The Balaban J connectivity index is 1.67. The third-order valence-corrected chi connectivity index (χ3v) is 4.08. The molecule has 0 saturated carbocycles. The van der Waals surface area contributed by atoms with E-state index in [9.17, 15) is 9.18 Å². The van der Waals surface area contributed by atoms with Gasteiger partial charge in [-0.2, -0.15) is 5.10 Å². The number of benzene rings is 1. The molecule has 0 aliphatic carbocycles. The van der Waals surface area contributed by atoms with Crippen molar-refractivity contribution in [3.63, 3.8) is 0 Å². The maximum atomic E-state index is 13.3. The van der Waals surface area contributed by atoms with Crippen LogP contribution in [-0.2, 0) is 19.5 Å². The average Bonchev–Trinajstić information content (AvgIpc) is 3.26. The Morgan fingerprint density at radius 2 is 2.11 bits per heavy atom. The summed E-state index contributed by atoms with van der Waals surface area (Å²) in [6.07, 6.45) is 0.826. The Bertz CT molecular complexity index is 930. The van der Waals surface area contributed by atoms with Gasteiger partial charge in [0, 0.05) is 18.2 Å². The monoisotopic (exact) mass is 370 g/mol. The van der Waals surface area contributed by atoms with Crippen LogP contribution in [0.2, 0.25) is 0 Å². The van der Waals surface area contributed by atoms with Crippen molar-refractivity contribution in [2.24, 2.45) is 5.92 Å². The number of nitrogens with zero attached hydrogens (tertiary/aromatic N) is 3. The molecular formula is C20H23FN4O2. The standard InChI is InChI=1S/C20H23FN4O2/c1-4-25-19(10-16(23-25)8-13(2)3)20(26)22-12-17-11-18(24-27-17)14-6-5-7-15(21)9-14/h5-7,9-11,13H,4,8,12H2,1-3H3,(H,22,26). The summed E-state index contributed by atoms with van der Waals surface area (Å²) in [5.74, 6) is 0.405. The Hall–Kier alpha value is -2.96. The first kappa shape index (κ1) is 18.8. The van der Waals surface area contributed by atoms with E-state index in [2.05, 4.69) is 29.4 Å². The smallest absolute Gasteiger partial charge is 0.269 e. The van der Waals surface area contributed by atoms with E-state index in [1.807, 2.05) is 13.0 Å². The van der Waals surface area contributed by atoms with Gasteiger partial charge in [-0.1, -0.05) is 31.1 Å². The fourth-order valence-corrected chi connectivity index (χ4v) is 2.85. The lowest BCUT2D eigenvalue weighted by atomic mass is 10.1. The van der Waals surface area contributed by atoms with Gasteiger partial charge in [0.05, 0.1) is 12.2 Å². The first-order chi connectivity index (χ1) is 13.0. The molecule has 3 aromatic rings. The number of aromatic nitrogens is 3. The molecule has 3 rings (SSSR count). The molecule has 2 heterocycles. The zero-order chi connectivity index (χ0) is 19.4. The van der Waals surface area contributed by atoms with Gasteiger partial charge in [-0.25, -0.2) is 4.39 Å². The van der Waals surface area contributed by atoms with Gasteiger partial charge in [0.2, 0.25) is 0 Å². The number of aryl methyl sites for hydroxylation is 1. The van der Waals surface area contributed by atoms with E-state index in [4.69, 9.17) is 4.52 Å². The van der Waals surface area contributed by atoms with Crippen LogP contribution in [0.5, 0.6) is 0 Å². The zero-order valence-electron chi connectivity index (χ0n) is 15.7. The summed E-state index contributed by atoms with van der Waals surface area (Å²) >= 11 is 0. The van der Waals surface area contributed by atoms with Crippen LogP contribution in [0, 0.1) is 11.7 Å². The Morgan fingerprint density at radius 3 is 2.81 bits per heavy atom. The predicted octanol–water partition coefficient (Wildman–Crippen LogP) is 3.83. The highest BCUT2D eigenvalue weighted by molar-refractivity contribution is 5.92. The van der Waals surface area contributed by atoms with Gasteiger partial charge < -0.3 is 9.84 Å². The van der Waals surface area contributed by atoms with Crippen LogP contribution in [0.4, 0.5) is 4.39 Å². The van der Waals surface area contributed by atoms with E-state index < -0.39 is 0 Å². The number of hydrogen-bond acceptors (Lipinski definition) is 4. The topological polar surface area (TPSA) is 73.0 Å². The van der Waals surface area contributed by atoms with Gasteiger partial charge in [-0.05, 0) is 37.5 Å². The molecule has 6 nitrogen and oxygen atoms in total. The van der Waals surface area contributed by atoms with Crippen molar-refractivity contribution >= 4 is 5.91 Å². The van der Waals surface area contributed by atoms with Gasteiger partial charge in [0.1, 0.15) is 17.2 Å². The zero-order valence-corrected chi connectivity index (χ0v) is 15.7. The van der Waals surface area contributed by atoms with Crippen LogP contribution in [-0.4, -0.2) is 20.8 Å². The SMILES string of the molecule is CCn1nc(CC(C)C)cc1C(=O)NCc1cc(-c2cccc(F)c2)no1. The third-order valence-electron chi connectivity index (χ3n) is 4.08. The van der Waals surface area contributed by atoms with E-state index in [1.165, 1.54) is 12.1 Å². The van der Waals surface area contributed by atoms with E-state index in [0.717, 1.165) is 12.1 Å². The Labute approximate surface area is 157 Å². The van der Waals surface area contributed by atoms with Crippen molar-refractivity contribution in [2.75, 3.05) is 0 Å². The van der Waals surface area contributed by atoms with Crippen molar-refractivity contribution in [3.8, 4) is 11.3 Å². The maximum absolute atomic E-state index is 13.3. The molecule has 1 aromatic carbocycles. The fourth-order valence-electron chi connectivity index (χ4n) is 2.85. The minimum atomic E-state index is -0.338. The number of hydrogen-bond donors (Lipinski definition) is 1. The highest BCUT2D eigenvalue weighted by Gasteiger charge is 2.16. The summed E-state index contributed by atoms with van der Waals surface area (Å²) in [6, 6.07) is 9.64. The van der Waals surface area contributed by atoms with Crippen LogP contribution in [0.1, 0.15) is 42.7 Å². The molecule has 0 bridgehead atoms. The summed E-state index contributed by atoms with van der Waals surface area (Å²) in [4.78, 5) is 12.5. The first-order valence-corrected chi connectivity index (χ1v) is 9.02. The minimum Gasteiger partial charge on any atom is -0.359 e. The van der Waals surface area contributed by atoms with Gasteiger partial charge in [0.15, 0.2) is 5.76 Å². The normalized spacial score (nSPS) is 11.1. The second-order valence-corrected chi connectivity index (χ2v) is 6.81. The van der Waals surface area contributed by atoms with E-state index in [-0.39, 0.29) is 18.3 Å². The van der Waals surface area contributed by atoms with Crippen LogP contribution >= 0.6 is 0 Å². The molecule has 0 aliphatic rings. The third kappa shape index (κ3) is 4.61. The number of carbonyl (C=O) groups is 1. The van der Waals surface area contributed by atoms with Gasteiger partial charge in [-0.3, -0.25) is 9.48 Å². The summed E-state index contributed by atoms with van der Waals surface area (Å²) in [7, 11) is 0. The van der Waals surface area contributed by atoms with E-state index >= 15 is 0 Å². The van der Waals surface area contributed by atoms with Crippen LogP contribution in [0.3, 0.4) is 0 Å². The lowest BCUT2D eigenvalue weighted by Crippen LogP contribution is -2.25. The summed E-state index contributed by atoms with van der Waals surface area (Å²) in [5, 5.41) is 11.2. The molecule has 0 atom stereocenters. The van der Waals surface area contributed by atoms with E-state index in [0.29, 0.717) is 35.2 Å².